The Kier molecular flexibility index (Phi) is 18.2. The van der Waals surface area contributed by atoms with Crippen molar-refractivity contribution in [1.29, 1.82) is 0 Å². The third-order valence-corrected chi connectivity index (χ3v) is 20.0. The fraction of sp³-hybridized carbons (Fsp3) is 0.0500. The van der Waals surface area contributed by atoms with Crippen molar-refractivity contribution in [2.24, 2.45) is 15.0 Å². The maximum Gasteiger partial charge on any atom is 0.171 e. The third-order valence-electron chi connectivity index (χ3n) is 11.1. The van der Waals surface area contributed by atoms with Gasteiger partial charge in [0.1, 0.15) is 0 Å². The lowest BCUT2D eigenvalue weighted by molar-refractivity contribution is 0.589. The number of aliphatic imine (C=N–C) groups is 3. The number of nitrogens with zero attached hydrogens (tertiary/aromatic N) is 3. The summed E-state index contributed by atoms with van der Waals surface area (Å²) in [6.07, 6.45) is 29.3. The van der Waals surface area contributed by atoms with E-state index in [1.165, 1.54) is 0 Å². The van der Waals surface area contributed by atoms with Crippen LogP contribution in [-0.2, 0) is 13.7 Å². The smallest absolute Gasteiger partial charge is 0.171 e. The molecule has 5 aromatic rings. The van der Waals surface area contributed by atoms with Crippen molar-refractivity contribution in [3.63, 3.8) is 0 Å². The quantitative estimate of drug-likeness (QED) is 0.0379. The van der Waals surface area contributed by atoms with E-state index in [2.05, 4.69) is 31.3 Å². The first kappa shape index (κ1) is 51.1. The molecule has 6 nitrogen and oxygen atoms in total. The molecule has 0 radical (unpaired) electrons. The van der Waals surface area contributed by atoms with Gasteiger partial charge in [-0.3, -0.25) is 4.99 Å². The van der Waals surface area contributed by atoms with Gasteiger partial charge in [0.2, 0.25) is 0 Å². The van der Waals surface area contributed by atoms with Gasteiger partial charge in [-0.1, -0.05) is 257 Å². The van der Waals surface area contributed by atoms with E-state index in [1.807, 2.05) is 195 Å². The molecule has 0 N–H and O–H groups in total. The minimum absolute atomic E-state index is 0.342. The molecule has 0 saturated heterocycles. The van der Waals surface area contributed by atoms with Crippen LogP contribution < -0.4 is 26.5 Å². The van der Waals surface area contributed by atoms with Crippen LogP contribution >= 0.6 is 21.4 Å². The fourth-order valence-corrected chi connectivity index (χ4v) is 14.8. The van der Waals surface area contributed by atoms with Crippen molar-refractivity contribution in [3.8, 4) is 0 Å². The van der Waals surface area contributed by atoms with Crippen LogP contribution in [-0.4, -0.2) is 24.9 Å². The van der Waals surface area contributed by atoms with Crippen molar-refractivity contribution >= 4 is 65.8 Å². The lowest BCUT2D eigenvalue weighted by atomic mass is 10.2. The molecule has 0 heterocycles. The van der Waals surface area contributed by atoms with Gasteiger partial charge < -0.3 is 13.7 Å². The Balaban J connectivity index is 1.43. The zero-order valence-electron chi connectivity index (χ0n) is 39.0. The summed E-state index contributed by atoms with van der Waals surface area (Å²) in [6, 6.07) is 43.3. The van der Waals surface area contributed by atoms with Crippen molar-refractivity contribution < 1.29 is 13.7 Å². The number of hydrogen-bond donors (Lipinski definition) is 0. The molecule has 0 aliphatic heterocycles. The first-order valence-electron chi connectivity index (χ1n) is 22.4. The predicted molar refractivity (Wildman–Crippen MR) is 301 cm³/mol. The normalized spacial score (nSPS) is 15.8. The van der Waals surface area contributed by atoms with Crippen molar-refractivity contribution in [2.45, 2.75) is 13.3 Å². The molecule has 6 rings (SSSR count). The zero-order chi connectivity index (χ0) is 49.1. The highest BCUT2D eigenvalue weighted by atomic mass is 31.2. The molecule has 0 aromatic heterocycles. The van der Waals surface area contributed by atoms with Crippen LogP contribution in [0.25, 0.3) is 0 Å². The molecule has 9 heteroatoms. The van der Waals surface area contributed by atoms with E-state index in [9.17, 15) is 4.57 Å². The van der Waals surface area contributed by atoms with E-state index in [1.54, 1.807) is 61.6 Å². The van der Waals surface area contributed by atoms with Crippen LogP contribution in [0.3, 0.4) is 0 Å². The second kappa shape index (κ2) is 24.6. The van der Waals surface area contributed by atoms with E-state index in [4.69, 9.17) is 9.98 Å². The molecule has 5 aromatic carbocycles. The van der Waals surface area contributed by atoms with Crippen LogP contribution in [0, 0.1) is 0 Å². The summed E-state index contributed by atoms with van der Waals surface area (Å²) in [5.74, 6) is 2.44. The highest BCUT2D eigenvalue weighted by Crippen LogP contribution is 2.63. The minimum Gasteiger partial charge on any atom is -0.309 e. The largest absolute Gasteiger partial charge is 0.309 e. The molecule has 69 heavy (non-hydrogen) atoms. The van der Waals surface area contributed by atoms with Gasteiger partial charge in [-0.05, 0) is 24.7 Å². The standard InChI is InChI=1S/C60H56N3O3P3/c1-7-11-13-14-24-46-67(64,48(5)27-12-8-2)53-35-25-28-49(36-41-53)47-62-60(51-39-44-58(45-40-51)69(66,55-31-20-16-21-32-55)56-33-22-17-23-34-56)63-59(61-6)50-37-42-57(43-38-50)68(65,52(10-4)26-9-3)54-29-18-15-19-30-54/h7-24,26-47H,2-5,25H2,1,6H3/b11-7-,14-13-,27-12-,46-24+,52-26+,61-59?,62-47?,63-60?. The number of amidine groups is 2. The molecule has 1 aliphatic rings. The zero-order valence-corrected chi connectivity index (χ0v) is 41.7. The molecule has 0 fully saturated rings. The Labute approximate surface area is 408 Å². The molecule has 0 saturated carbocycles. The second-order valence-electron chi connectivity index (χ2n) is 15.5. The average Bonchev–Trinajstić information content (AvgIpc) is 3.66. The fourth-order valence-electron chi connectivity index (χ4n) is 7.54. The Morgan fingerprint density at radius 1 is 0.594 bits per heavy atom. The van der Waals surface area contributed by atoms with Gasteiger partial charge in [-0.25, -0.2) is 9.98 Å². The highest BCUT2D eigenvalue weighted by molar-refractivity contribution is 7.85. The Morgan fingerprint density at radius 3 is 1.68 bits per heavy atom. The number of allylic oxidation sites excluding steroid dienone is 19. The van der Waals surface area contributed by atoms with Crippen LogP contribution in [0.15, 0.2) is 299 Å². The van der Waals surface area contributed by atoms with E-state index in [-0.39, 0.29) is 0 Å². The maximum atomic E-state index is 15.3. The molecular formula is C60H56N3O3P3. The summed E-state index contributed by atoms with van der Waals surface area (Å²) >= 11 is 0. The SMILES string of the molecule is C=C/C=C\C(=C)P(=O)(/C=C/C=C\C=C/C)C1=CCC=C(C=NC(=NC(=NC)c2ccc(P(=O)(/C(C=C)=C/C=C)c3ccccc3)cc2)c2ccc(P(=O)(c3ccccc3)c3ccccc3)cc2)C=C1. The third kappa shape index (κ3) is 12.0. The summed E-state index contributed by atoms with van der Waals surface area (Å²) < 4.78 is 45.1. The number of benzene rings is 5. The van der Waals surface area contributed by atoms with Crippen molar-refractivity contribution in [2.75, 3.05) is 7.05 Å². The van der Waals surface area contributed by atoms with Gasteiger partial charge in [0.05, 0.1) is 0 Å². The molecule has 0 bridgehead atoms. The summed E-state index contributed by atoms with van der Waals surface area (Å²) in [4.78, 5) is 14.7. The van der Waals surface area contributed by atoms with E-state index < -0.39 is 21.4 Å². The Hall–Kier alpha value is -7.32. The summed E-state index contributed by atoms with van der Waals surface area (Å²) in [5.41, 5.74) is 2.09. The monoisotopic (exact) mass is 959 g/mol. The van der Waals surface area contributed by atoms with Crippen molar-refractivity contribution in [1.82, 2.24) is 0 Å². The summed E-state index contributed by atoms with van der Waals surface area (Å²) in [5, 5.41) is 5.08. The first-order chi connectivity index (χ1) is 33.6. The second-order valence-corrected chi connectivity index (χ2v) is 23.7. The summed E-state index contributed by atoms with van der Waals surface area (Å²) in [7, 11) is -8.17. The van der Waals surface area contributed by atoms with Crippen LogP contribution in [0.2, 0.25) is 0 Å². The van der Waals surface area contributed by atoms with Crippen LogP contribution in [0.5, 0.6) is 0 Å². The summed E-state index contributed by atoms with van der Waals surface area (Å²) in [6.45, 7) is 17.7. The Morgan fingerprint density at radius 2 is 1.13 bits per heavy atom. The topological polar surface area (TPSA) is 88.3 Å². The minimum atomic E-state index is -3.32. The molecule has 1 aliphatic carbocycles. The van der Waals surface area contributed by atoms with E-state index in [0.717, 1.165) is 16.2 Å². The van der Waals surface area contributed by atoms with E-state index >= 15 is 9.13 Å². The van der Waals surface area contributed by atoms with Crippen molar-refractivity contribution in [3.05, 3.63) is 295 Å². The van der Waals surface area contributed by atoms with Gasteiger partial charge in [0.25, 0.3) is 0 Å². The van der Waals surface area contributed by atoms with Gasteiger partial charge in [0.15, 0.2) is 33.1 Å². The van der Waals surface area contributed by atoms with Crippen LogP contribution in [0.1, 0.15) is 24.5 Å². The van der Waals surface area contributed by atoms with Gasteiger partial charge in [0, 0.05) is 66.9 Å². The van der Waals surface area contributed by atoms with Crippen LogP contribution in [0.4, 0.5) is 0 Å². The average molecular weight is 960 g/mol. The molecule has 344 valence electrons. The van der Waals surface area contributed by atoms with Gasteiger partial charge in [-0.15, -0.1) is 0 Å². The lowest BCUT2D eigenvalue weighted by Gasteiger charge is -2.21. The molecular weight excluding hydrogens is 904 g/mol. The maximum absolute atomic E-state index is 15.3. The predicted octanol–water partition coefficient (Wildman–Crippen LogP) is 13.8. The first-order valence-corrected chi connectivity index (χ1v) is 27.5. The van der Waals surface area contributed by atoms with Gasteiger partial charge >= 0.3 is 0 Å². The molecule has 2 atom stereocenters. The molecule has 0 amide bonds. The molecule has 0 spiro atoms. The lowest BCUT2D eigenvalue weighted by Crippen LogP contribution is -2.25. The van der Waals surface area contributed by atoms with Gasteiger partial charge in [-0.2, -0.15) is 0 Å². The number of rotatable bonds is 18. The highest BCUT2D eigenvalue weighted by Gasteiger charge is 2.31. The Bertz CT molecular complexity index is 3120. The van der Waals surface area contributed by atoms with E-state index in [0.29, 0.717) is 61.1 Å². The number of hydrogen-bond acceptors (Lipinski definition) is 4. The molecule has 2 unspecified atom stereocenters.